The number of hydrogen-bond donors (Lipinski definition) is 2. The summed E-state index contributed by atoms with van der Waals surface area (Å²) in [6, 6.07) is 0. The van der Waals surface area contributed by atoms with Gasteiger partial charge in [-0.2, -0.15) is 11.8 Å². The van der Waals surface area contributed by atoms with Gasteiger partial charge in [0.25, 0.3) is 0 Å². The monoisotopic (exact) mass is 302 g/mol. The summed E-state index contributed by atoms with van der Waals surface area (Å²) < 4.78 is 5.11. The maximum Gasteiger partial charge on any atom is 0.407 e. The highest BCUT2D eigenvalue weighted by Crippen LogP contribution is 2.25. The van der Waals surface area contributed by atoms with Crippen LogP contribution in [-0.2, 0) is 9.53 Å². The molecule has 1 fully saturated rings. The van der Waals surface area contributed by atoms with E-state index in [-0.39, 0.29) is 5.91 Å². The quantitative estimate of drug-likeness (QED) is 0.739. The van der Waals surface area contributed by atoms with Gasteiger partial charge in [0.1, 0.15) is 5.60 Å². The average Bonchev–Trinajstić information content (AvgIpc) is 2.83. The minimum absolute atomic E-state index is 0.0588. The van der Waals surface area contributed by atoms with E-state index in [1.165, 1.54) is 18.6 Å². The molecule has 0 aromatic heterocycles. The number of hydrogen-bond acceptors (Lipinski definition) is 4. The van der Waals surface area contributed by atoms with Crippen molar-refractivity contribution in [3.8, 4) is 0 Å². The third-order valence-corrected chi connectivity index (χ3v) is 4.20. The summed E-state index contributed by atoms with van der Waals surface area (Å²) in [5, 5.41) is 6.18. The van der Waals surface area contributed by atoms with Crippen LogP contribution in [0.4, 0.5) is 4.79 Å². The van der Waals surface area contributed by atoms with Crippen LogP contribution in [0.15, 0.2) is 0 Å². The summed E-state index contributed by atoms with van der Waals surface area (Å²) in [4.78, 5) is 23.0. The molecule has 6 heteroatoms. The number of carbonyl (C=O) groups excluding carboxylic acids is 2. The minimum atomic E-state index is -0.486. The van der Waals surface area contributed by atoms with Crippen LogP contribution < -0.4 is 10.6 Å². The van der Waals surface area contributed by atoms with E-state index in [2.05, 4.69) is 10.6 Å². The first kappa shape index (κ1) is 17.1. The highest BCUT2D eigenvalue weighted by atomic mass is 32.2. The van der Waals surface area contributed by atoms with Crippen molar-refractivity contribution in [3.63, 3.8) is 0 Å². The van der Waals surface area contributed by atoms with Crippen LogP contribution in [0.2, 0.25) is 0 Å². The molecule has 20 heavy (non-hydrogen) atoms. The maximum atomic E-state index is 11.6. The van der Waals surface area contributed by atoms with E-state index in [0.717, 1.165) is 6.54 Å². The van der Waals surface area contributed by atoms with Crippen LogP contribution in [0.5, 0.6) is 0 Å². The van der Waals surface area contributed by atoms with Crippen molar-refractivity contribution < 1.29 is 14.3 Å². The molecule has 2 amide bonds. The predicted octanol–water partition coefficient (Wildman–Crippen LogP) is 2.30. The summed E-state index contributed by atoms with van der Waals surface area (Å²) in [5.74, 6) is 1.27. The Labute approximate surface area is 125 Å². The van der Waals surface area contributed by atoms with E-state index in [4.69, 9.17) is 4.74 Å². The molecular formula is C14H26N2O3S. The molecule has 0 spiro atoms. The Morgan fingerprint density at radius 2 is 2.05 bits per heavy atom. The van der Waals surface area contributed by atoms with Crippen molar-refractivity contribution in [3.05, 3.63) is 0 Å². The van der Waals surface area contributed by atoms with Gasteiger partial charge in [-0.15, -0.1) is 0 Å². The van der Waals surface area contributed by atoms with Gasteiger partial charge in [0, 0.05) is 24.8 Å². The van der Waals surface area contributed by atoms with Gasteiger partial charge >= 0.3 is 6.09 Å². The molecule has 1 aliphatic rings. The third-order valence-electron chi connectivity index (χ3n) is 2.80. The highest BCUT2D eigenvalue weighted by Gasteiger charge is 2.17. The molecule has 116 valence electrons. The van der Waals surface area contributed by atoms with Crippen molar-refractivity contribution in [2.75, 3.05) is 18.8 Å². The molecular weight excluding hydrogens is 276 g/mol. The van der Waals surface area contributed by atoms with E-state index < -0.39 is 11.7 Å². The van der Waals surface area contributed by atoms with Crippen LogP contribution in [0.1, 0.15) is 46.5 Å². The molecule has 0 saturated carbocycles. The lowest BCUT2D eigenvalue weighted by molar-refractivity contribution is -0.121. The van der Waals surface area contributed by atoms with Gasteiger partial charge in [-0.1, -0.05) is 0 Å². The van der Waals surface area contributed by atoms with Gasteiger partial charge in [-0.05, 0) is 45.8 Å². The van der Waals surface area contributed by atoms with Gasteiger partial charge in [0.15, 0.2) is 0 Å². The first-order chi connectivity index (χ1) is 9.37. The fourth-order valence-corrected chi connectivity index (χ4v) is 3.08. The average molecular weight is 302 g/mol. The Morgan fingerprint density at radius 1 is 1.30 bits per heavy atom. The molecule has 0 aliphatic carbocycles. The number of ether oxygens (including phenoxy) is 1. The van der Waals surface area contributed by atoms with E-state index in [0.29, 0.717) is 24.6 Å². The maximum absolute atomic E-state index is 11.6. The van der Waals surface area contributed by atoms with E-state index in [1.807, 2.05) is 32.5 Å². The van der Waals surface area contributed by atoms with Crippen LogP contribution in [0.25, 0.3) is 0 Å². The molecule has 2 N–H and O–H groups in total. The number of thioether (sulfide) groups is 1. The lowest BCUT2D eigenvalue weighted by Gasteiger charge is -2.19. The fraction of sp³-hybridized carbons (Fsp3) is 0.857. The smallest absolute Gasteiger partial charge is 0.407 e. The topological polar surface area (TPSA) is 67.4 Å². The van der Waals surface area contributed by atoms with Crippen LogP contribution in [0.3, 0.4) is 0 Å². The summed E-state index contributed by atoms with van der Waals surface area (Å²) in [6.07, 6.45) is 3.09. The third kappa shape index (κ3) is 8.30. The van der Waals surface area contributed by atoms with Crippen molar-refractivity contribution in [1.29, 1.82) is 0 Å². The normalized spacial score (nSPS) is 18.6. The summed E-state index contributed by atoms with van der Waals surface area (Å²) >= 11 is 1.93. The fourth-order valence-electron chi connectivity index (χ4n) is 1.87. The Morgan fingerprint density at radius 3 is 2.65 bits per heavy atom. The molecule has 0 radical (unpaired) electrons. The molecule has 1 unspecified atom stereocenters. The second kappa shape index (κ2) is 8.39. The Bertz CT molecular complexity index is 323. The van der Waals surface area contributed by atoms with Gasteiger partial charge < -0.3 is 15.4 Å². The summed E-state index contributed by atoms with van der Waals surface area (Å²) in [7, 11) is 0. The Hall–Kier alpha value is -0.910. The Kier molecular flexibility index (Phi) is 7.19. The molecule has 5 nitrogen and oxygen atoms in total. The van der Waals surface area contributed by atoms with Crippen molar-refractivity contribution in [1.82, 2.24) is 10.6 Å². The SMILES string of the molecule is CC(C)(C)OC(=O)NCCCC(=O)NCC1CCCS1. The van der Waals surface area contributed by atoms with Crippen molar-refractivity contribution >= 4 is 23.8 Å². The molecule has 0 aromatic rings. The summed E-state index contributed by atoms with van der Waals surface area (Å²) in [6.45, 7) is 6.69. The molecule has 0 aromatic carbocycles. The number of alkyl carbamates (subject to hydrolysis) is 1. The zero-order valence-electron chi connectivity index (χ0n) is 12.7. The number of carbonyl (C=O) groups is 2. The summed E-state index contributed by atoms with van der Waals surface area (Å²) in [5.41, 5.74) is -0.486. The molecule has 0 bridgehead atoms. The van der Waals surface area contributed by atoms with Crippen molar-refractivity contribution in [2.45, 2.75) is 57.3 Å². The number of amides is 2. The lowest BCUT2D eigenvalue weighted by atomic mass is 10.2. The van der Waals surface area contributed by atoms with Crippen LogP contribution in [0, 0.1) is 0 Å². The van der Waals surface area contributed by atoms with Crippen LogP contribution >= 0.6 is 11.8 Å². The standard InChI is InChI=1S/C14H26N2O3S/c1-14(2,3)19-13(18)15-8-4-7-12(17)16-10-11-6-5-9-20-11/h11H,4-10H2,1-3H3,(H,15,18)(H,16,17). The number of rotatable bonds is 6. The first-order valence-electron chi connectivity index (χ1n) is 7.22. The molecule has 1 heterocycles. The van der Waals surface area contributed by atoms with Gasteiger partial charge in [-0.25, -0.2) is 4.79 Å². The van der Waals surface area contributed by atoms with Crippen molar-refractivity contribution in [2.24, 2.45) is 0 Å². The molecule has 1 aliphatic heterocycles. The van der Waals surface area contributed by atoms with Gasteiger partial charge in [0.05, 0.1) is 0 Å². The zero-order valence-corrected chi connectivity index (χ0v) is 13.5. The predicted molar refractivity (Wildman–Crippen MR) is 82.0 cm³/mol. The Balaban J connectivity index is 2.00. The lowest BCUT2D eigenvalue weighted by Crippen LogP contribution is -2.34. The molecule has 1 saturated heterocycles. The number of nitrogens with one attached hydrogen (secondary N) is 2. The van der Waals surface area contributed by atoms with Crippen LogP contribution in [-0.4, -0.2) is 41.7 Å². The van der Waals surface area contributed by atoms with E-state index >= 15 is 0 Å². The molecule has 1 rings (SSSR count). The zero-order chi connectivity index (χ0) is 15.0. The first-order valence-corrected chi connectivity index (χ1v) is 8.27. The van der Waals surface area contributed by atoms with E-state index in [9.17, 15) is 9.59 Å². The highest BCUT2D eigenvalue weighted by molar-refractivity contribution is 8.00. The van der Waals surface area contributed by atoms with Gasteiger partial charge in [0.2, 0.25) is 5.91 Å². The minimum Gasteiger partial charge on any atom is -0.444 e. The molecule has 1 atom stereocenters. The second-order valence-electron chi connectivity index (χ2n) is 5.97. The second-order valence-corrected chi connectivity index (χ2v) is 7.38. The van der Waals surface area contributed by atoms with E-state index in [1.54, 1.807) is 0 Å². The van der Waals surface area contributed by atoms with Gasteiger partial charge in [-0.3, -0.25) is 4.79 Å². The largest absolute Gasteiger partial charge is 0.444 e.